The summed E-state index contributed by atoms with van der Waals surface area (Å²) in [6.07, 6.45) is 6.64. The van der Waals surface area contributed by atoms with E-state index in [2.05, 4.69) is 46.1 Å². The van der Waals surface area contributed by atoms with Gasteiger partial charge in [0.15, 0.2) is 0 Å². The maximum absolute atomic E-state index is 8.98. The number of ether oxygens (including phenoxy) is 2. The Hall–Kier alpha value is -1.40. The monoisotopic (exact) mass is 334 g/mol. The Bertz CT molecular complexity index is 491. The van der Waals surface area contributed by atoms with E-state index in [1.54, 1.807) is 26.7 Å². The zero-order valence-electron chi connectivity index (χ0n) is 16.4. The van der Waals surface area contributed by atoms with Crippen LogP contribution in [0.15, 0.2) is 35.1 Å². The van der Waals surface area contributed by atoms with Crippen LogP contribution in [0.1, 0.15) is 53.9 Å². The van der Waals surface area contributed by atoms with E-state index in [0.717, 1.165) is 12.3 Å². The second kappa shape index (κ2) is 8.62. The predicted octanol–water partition coefficient (Wildman–Crippen LogP) is 4.84. The number of hydrogen-bond acceptors (Lipinski definition) is 3. The standard InChI is InChI=1S/C11H18O.C10H16O2/c1-5-9-8-10(6-7-12-4)11(9,2)3;1-10(2)8(4-5-12-3)6-9(10)7-11/h7,9H,5,8H2,1-4H3;5,9,11H,6-7H2,1-3H3. The van der Waals surface area contributed by atoms with E-state index >= 15 is 0 Å². The quantitative estimate of drug-likeness (QED) is 0.591. The van der Waals surface area contributed by atoms with Gasteiger partial charge in [0, 0.05) is 6.61 Å². The van der Waals surface area contributed by atoms with Gasteiger partial charge < -0.3 is 14.6 Å². The van der Waals surface area contributed by atoms with Crippen LogP contribution >= 0.6 is 0 Å². The second-order valence-corrected chi connectivity index (χ2v) is 7.79. The van der Waals surface area contributed by atoms with Crippen molar-refractivity contribution in [1.82, 2.24) is 0 Å². The number of aliphatic hydroxyl groups excluding tert-OH is 1. The molecule has 2 aliphatic rings. The van der Waals surface area contributed by atoms with Crippen molar-refractivity contribution in [1.29, 1.82) is 0 Å². The average Bonchev–Trinajstić information content (AvgIpc) is 2.54. The molecule has 0 bridgehead atoms. The van der Waals surface area contributed by atoms with Gasteiger partial charge in [0.2, 0.25) is 0 Å². The first-order chi connectivity index (χ1) is 11.2. The van der Waals surface area contributed by atoms with E-state index in [-0.39, 0.29) is 12.0 Å². The Kier molecular flexibility index (Phi) is 7.42. The van der Waals surface area contributed by atoms with E-state index in [0.29, 0.717) is 11.3 Å². The molecule has 0 aromatic rings. The highest BCUT2D eigenvalue weighted by Crippen LogP contribution is 2.51. The third-order valence-electron chi connectivity index (χ3n) is 5.91. The first-order valence-corrected chi connectivity index (χ1v) is 8.81. The van der Waals surface area contributed by atoms with Crippen LogP contribution in [0.2, 0.25) is 0 Å². The van der Waals surface area contributed by atoms with Crippen molar-refractivity contribution >= 4 is 0 Å². The molecule has 3 heteroatoms. The van der Waals surface area contributed by atoms with Gasteiger partial charge in [-0.15, -0.1) is 0 Å². The molecule has 2 unspecified atom stereocenters. The summed E-state index contributed by atoms with van der Waals surface area (Å²) in [5.74, 6) is 1.23. The highest BCUT2D eigenvalue weighted by Gasteiger charge is 2.43. The van der Waals surface area contributed by atoms with Gasteiger partial charge in [-0.25, -0.2) is 0 Å². The lowest BCUT2D eigenvalue weighted by Crippen LogP contribution is -2.39. The highest BCUT2D eigenvalue weighted by atomic mass is 16.5. The van der Waals surface area contributed by atoms with Crippen LogP contribution in [0.4, 0.5) is 0 Å². The van der Waals surface area contributed by atoms with Crippen molar-refractivity contribution in [2.45, 2.75) is 53.9 Å². The number of rotatable bonds is 4. The largest absolute Gasteiger partial charge is 0.496 e. The molecule has 2 saturated carbocycles. The fourth-order valence-electron chi connectivity index (χ4n) is 3.46. The molecule has 0 heterocycles. The molecule has 3 nitrogen and oxygen atoms in total. The summed E-state index contributed by atoms with van der Waals surface area (Å²) < 4.78 is 9.64. The van der Waals surface area contributed by atoms with Gasteiger partial charge >= 0.3 is 0 Å². The lowest BCUT2D eigenvalue weighted by atomic mass is 9.58. The first-order valence-electron chi connectivity index (χ1n) is 8.81. The number of aliphatic hydroxyl groups is 1. The molecular weight excluding hydrogens is 300 g/mol. The maximum Gasteiger partial charge on any atom is 0.125 e. The molecule has 2 fully saturated rings. The Balaban J connectivity index is 0.000000240. The number of allylic oxidation sites excluding steroid dienone is 2. The van der Waals surface area contributed by atoms with Crippen LogP contribution in [0.5, 0.6) is 0 Å². The van der Waals surface area contributed by atoms with E-state index in [1.165, 1.54) is 24.0 Å². The second-order valence-electron chi connectivity index (χ2n) is 7.79. The first kappa shape index (κ1) is 20.6. The Morgan fingerprint density at radius 1 is 0.958 bits per heavy atom. The Labute approximate surface area is 147 Å². The highest BCUT2D eigenvalue weighted by molar-refractivity contribution is 5.23. The van der Waals surface area contributed by atoms with Crippen LogP contribution in [-0.4, -0.2) is 25.9 Å². The SMILES string of the molecule is CCC1CC(=C=COC)C1(C)C.COC=C=C1CC(CO)C1(C)C. The van der Waals surface area contributed by atoms with Crippen LogP contribution in [0, 0.1) is 22.7 Å². The maximum atomic E-state index is 8.98. The third-order valence-corrected chi connectivity index (χ3v) is 5.91. The van der Waals surface area contributed by atoms with Crippen molar-refractivity contribution in [2.24, 2.45) is 22.7 Å². The lowest BCUT2D eigenvalue weighted by Gasteiger charge is -2.46. The minimum atomic E-state index is 0.101. The fourth-order valence-corrected chi connectivity index (χ4v) is 3.46. The molecule has 136 valence electrons. The van der Waals surface area contributed by atoms with Crippen molar-refractivity contribution in [3.63, 3.8) is 0 Å². The molecule has 0 aromatic heterocycles. The molecule has 2 aliphatic carbocycles. The van der Waals surface area contributed by atoms with Gasteiger partial charge in [0.25, 0.3) is 0 Å². The van der Waals surface area contributed by atoms with Crippen molar-refractivity contribution in [3.8, 4) is 0 Å². The summed E-state index contributed by atoms with van der Waals surface area (Å²) in [5.41, 5.74) is 9.36. The third kappa shape index (κ3) is 4.36. The van der Waals surface area contributed by atoms with Gasteiger partial charge in [-0.1, -0.05) is 52.5 Å². The van der Waals surface area contributed by atoms with Gasteiger partial charge in [0.1, 0.15) is 12.5 Å². The van der Waals surface area contributed by atoms with Gasteiger partial charge in [-0.3, -0.25) is 0 Å². The molecule has 24 heavy (non-hydrogen) atoms. The van der Waals surface area contributed by atoms with Crippen LogP contribution in [-0.2, 0) is 9.47 Å². The Morgan fingerprint density at radius 2 is 1.38 bits per heavy atom. The van der Waals surface area contributed by atoms with E-state index in [4.69, 9.17) is 14.6 Å². The smallest absolute Gasteiger partial charge is 0.125 e. The fraction of sp³-hybridized carbons (Fsp3) is 0.714. The van der Waals surface area contributed by atoms with Crippen molar-refractivity contribution in [3.05, 3.63) is 35.1 Å². The number of methoxy groups -OCH3 is 2. The van der Waals surface area contributed by atoms with Gasteiger partial charge in [-0.2, -0.15) is 0 Å². The minimum Gasteiger partial charge on any atom is -0.496 e. The molecule has 0 spiro atoms. The molecular formula is C21H34O3. The zero-order chi connectivity index (χ0) is 18.4. The summed E-state index contributed by atoms with van der Waals surface area (Å²) in [7, 11) is 3.28. The predicted molar refractivity (Wildman–Crippen MR) is 98.4 cm³/mol. The molecule has 0 aromatic carbocycles. The lowest BCUT2D eigenvalue weighted by molar-refractivity contribution is 0.0850. The zero-order valence-corrected chi connectivity index (χ0v) is 16.4. The molecule has 1 N–H and O–H groups in total. The summed E-state index contributed by atoms with van der Waals surface area (Å²) in [5, 5.41) is 8.98. The summed E-state index contributed by atoms with van der Waals surface area (Å²) in [6, 6.07) is 0. The number of hydrogen-bond donors (Lipinski definition) is 1. The van der Waals surface area contributed by atoms with Gasteiger partial charge in [0.05, 0.1) is 14.2 Å². The molecule has 0 radical (unpaired) electrons. The van der Waals surface area contributed by atoms with E-state index < -0.39 is 0 Å². The minimum absolute atomic E-state index is 0.101. The topological polar surface area (TPSA) is 38.7 Å². The van der Waals surface area contributed by atoms with E-state index in [1.807, 2.05) is 0 Å². The van der Waals surface area contributed by atoms with Crippen LogP contribution < -0.4 is 0 Å². The molecule has 2 atom stereocenters. The average molecular weight is 335 g/mol. The molecule has 0 amide bonds. The summed E-state index contributed by atoms with van der Waals surface area (Å²) >= 11 is 0. The van der Waals surface area contributed by atoms with Crippen molar-refractivity contribution < 1.29 is 14.6 Å². The summed E-state index contributed by atoms with van der Waals surface area (Å²) in [6.45, 7) is 11.4. The van der Waals surface area contributed by atoms with Crippen LogP contribution in [0.3, 0.4) is 0 Å². The Morgan fingerprint density at radius 3 is 1.67 bits per heavy atom. The summed E-state index contributed by atoms with van der Waals surface area (Å²) in [4.78, 5) is 0. The van der Waals surface area contributed by atoms with E-state index in [9.17, 15) is 0 Å². The van der Waals surface area contributed by atoms with Crippen LogP contribution in [0.25, 0.3) is 0 Å². The molecule has 0 saturated heterocycles. The normalized spacial score (nSPS) is 25.7. The van der Waals surface area contributed by atoms with Crippen molar-refractivity contribution in [2.75, 3.05) is 20.8 Å². The molecule has 2 rings (SSSR count). The van der Waals surface area contributed by atoms with Gasteiger partial charge in [-0.05, 0) is 46.7 Å². The molecule has 0 aliphatic heterocycles.